The van der Waals surface area contributed by atoms with E-state index >= 15 is 0 Å². The molecule has 1 fully saturated rings. The first kappa shape index (κ1) is 18.8. The molecule has 1 aliphatic heterocycles. The lowest BCUT2D eigenvalue weighted by Gasteiger charge is -2.37. The quantitative estimate of drug-likeness (QED) is 0.651. The van der Waals surface area contributed by atoms with Gasteiger partial charge in [0.2, 0.25) is 0 Å². The van der Waals surface area contributed by atoms with E-state index in [0.29, 0.717) is 12.2 Å². The van der Waals surface area contributed by atoms with E-state index in [-0.39, 0.29) is 0 Å². The van der Waals surface area contributed by atoms with Gasteiger partial charge in [0.05, 0.1) is 5.41 Å². The molecule has 138 valence electrons. The first-order chi connectivity index (χ1) is 12.8. The Hall–Kier alpha value is -1.93. The van der Waals surface area contributed by atoms with Crippen molar-refractivity contribution in [2.45, 2.75) is 50.9 Å². The van der Waals surface area contributed by atoms with Gasteiger partial charge in [-0.05, 0) is 56.4 Å². The molecule has 1 heterocycles. The summed E-state index contributed by atoms with van der Waals surface area (Å²) in [4.78, 5) is 16.1. The number of hydrogen-bond acceptors (Lipinski definition) is 2. The molecule has 0 bridgehead atoms. The zero-order valence-corrected chi connectivity index (χ0v) is 16.0. The van der Waals surface area contributed by atoms with Gasteiger partial charge in [0.1, 0.15) is 5.78 Å². The number of nitrogens with zero attached hydrogens (tertiary/aromatic N) is 1. The van der Waals surface area contributed by atoms with Crippen LogP contribution in [-0.4, -0.2) is 30.3 Å². The van der Waals surface area contributed by atoms with Crippen LogP contribution in [0.2, 0.25) is 0 Å². The van der Waals surface area contributed by atoms with Crippen LogP contribution in [0.3, 0.4) is 0 Å². The SMILES string of the molecule is CCCC(=O)C(CCN1CCCCC1)(c1ccccc1)c1ccccc1. The van der Waals surface area contributed by atoms with Crippen LogP contribution >= 0.6 is 0 Å². The van der Waals surface area contributed by atoms with Crippen LogP contribution in [0.5, 0.6) is 0 Å². The Balaban J connectivity index is 2.00. The fraction of sp³-hybridized carbons (Fsp3) is 0.458. The van der Waals surface area contributed by atoms with E-state index in [2.05, 4.69) is 60.4 Å². The van der Waals surface area contributed by atoms with Gasteiger partial charge in [-0.3, -0.25) is 4.79 Å². The zero-order chi connectivity index (χ0) is 18.2. The molecule has 0 N–H and O–H groups in total. The van der Waals surface area contributed by atoms with E-state index in [1.165, 1.54) is 32.4 Å². The molecule has 2 heteroatoms. The van der Waals surface area contributed by atoms with Crippen LogP contribution < -0.4 is 0 Å². The van der Waals surface area contributed by atoms with Crippen molar-refractivity contribution in [3.05, 3.63) is 71.8 Å². The number of hydrogen-bond donors (Lipinski definition) is 0. The lowest BCUT2D eigenvalue weighted by atomic mass is 9.68. The minimum absolute atomic E-state index is 0.356. The molecule has 26 heavy (non-hydrogen) atoms. The van der Waals surface area contributed by atoms with E-state index in [9.17, 15) is 4.79 Å². The van der Waals surface area contributed by atoms with E-state index in [4.69, 9.17) is 0 Å². The van der Waals surface area contributed by atoms with Crippen LogP contribution in [0.15, 0.2) is 60.7 Å². The molecule has 1 saturated heterocycles. The zero-order valence-electron chi connectivity index (χ0n) is 16.0. The average Bonchev–Trinajstić information content (AvgIpc) is 2.71. The van der Waals surface area contributed by atoms with Gasteiger partial charge in [0, 0.05) is 6.42 Å². The minimum Gasteiger partial charge on any atom is -0.303 e. The molecular weight excluding hydrogens is 318 g/mol. The summed E-state index contributed by atoms with van der Waals surface area (Å²) in [7, 11) is 0. The van der Waals surface area contributed by atoms with Crippen LogP contribution in [0.1, 0.15) is 56.6 Å². The number of ketones is 1. The van der Waals surface area contributed by atoms with E-state index in [1.54, 1.807) is 0 Å². The minimum atomic E-state index is -0.532. The third-order valence-corrected chi connectivity index (χ3v) is 5.74. The molecule has 2 aromatic rings. The number of carbonyl (C=O) groups excluding carboxylic acids is 1. The van der Waals surface area contributed by atoms with Gasteiger partial charge < -0.3 is 4.90 Å². The molecular formula is C24H31NO. The van der Waals surface area contributed by atoms with Gasteiger partial charge in [-0.15, -0.1) is 0 Å². The topological polar surface area (TPSA) is 20.3 Å². The monoisotopic (exact) mass is 349 g/mol. The lowest BCUT2D eigenvalue weighted by molar-refractivity contribution is -0.123. The fourth-order valence-electron chi connectivity index (χ4n) is 4.31. The third kappa shape index (κ3) is 4.07. The molecule has 3 rings (SSSR count). The number of benzene rings is 2. The van der Waals surface area contributed by atoms with Crippen molar-refractivity contribution >= 4 is 5.78 Å². The summed E-state index contributed by atoms with van der Waals surface area (Å²) in [5, 5.41) is 0. The molecule has 0 radical (unpaired) electrons. The second-order valence-electron chi connectivity index (χ2n) is 7.46. The largest absolute Gasteiger partial charge is 0.303 e. The standard InChI is InChI=1S/C24H31NO/c1-2-12-23(26)24(21-13-6-3-7-14-21,22-15-8-4-9-16-22)17-20-25-18-10-5-11-19-25/h3-4,6-9,13-16H,2,5,10-12,17-20H2,1H3. The summed E-state index contributed by atoms with van der Waals surface area (Å²) in [6.45, 7) is 5.42. The van der Waals surface area contributed by atoms with Crippen molar-refractivity contribution in [1.29, 1.82) is 0 Å². The normalized spacial score (nSPS) is 15.7. The molecule has 0 aromatic heterocycles. The molecule has 0 atom stereocenters. The number of Topliss-reactive ketones (excluding diaryl/α,β-unsaturated/α-hetero) is 1. The van der Waals surface area contributed by atoms with Crippen LogP contribution in [0.4, 0.5) is 0 Å². The Morgan fingerprint density at radius 2 is 1.42 bits per heavy atom. The van der Waals surface area contributed by atoms with Crippen molar-refractivity contribution in [2.24, 2.45) is 0 Å². The first-order valence-electron chi connectivity index (χ1n) is 10.1. The summed E-state index contributed by atoms with van der Waals surface area (Å²) in [5.74, 6) is 0.356. The molecule has 2 nitrogen and oxygen atoms in total. The van der Waals surface area contributed by atoms with Crippen molar-refractivity contribution in [3.63, 3.8) is 0 Å². The molecule has 2 aromatic carbocycles. The van der Waals surface area contributed by atoms with Crippen molar-refractivity contribution in [1.82, 2.24) is 4.90 Å². The van der Waals surface area contributed by atoms with Crippen molar-refractivity contribution < 1.29 is 4.79 Å². The summed E-state index contributed by atoms with van der Waals surface area (Å²) >= 11 is 0. The third-order valence-electron chi connectivity index (χ3n) is 5.74. The summed E-state index contributed by atoms with van der Waals surface area (Å²) in [5.41, 5.74) is 1.75. The Kier molecular flexibility index (Phi) is 6.62. The molecule has 1 aliphatic rings. The highest BCUT2D eigenvalue weighted by molar-refractivity contribution is 5.93. The highest BCUT2D eigenvalue weighted by atomic mass is 16.1. The van der Waals surface area contributed by atoms with Gasteiger partial charge in [-0.2, -0.15) is 0 Å². The maximum absolute atomic E-state index is 13.5. The average molecular weight is 350 g/mol. The van der Waals surface area contributed by atoms with Crippen molar-refractivity contribution in [3.8, 4) is 0 Å². The molecule has 0 aliphatic carbocycles. The summed E-state index contributed by atoms with van der Waals surface area (Å²) in [6.07, 6.45) is 6.29. The molecule has 0 saturated carbocycles. The Labute approximate surface area is 158 Å². The van der Waals surface area contributed by atoms with E-state index < -0.39 is 5.41 Å². The Morgan fingerprint density at radius 3 is 1.92 bits per heavy atom. The smallest absolute Gasteiger partial charge is 0.147 e. The van der Waals surface area contributed by atoms with Crippen LogP contribution in [-0.2, 0) is 10.2 Å². The van der Waals surface area contributed by atoms with Gasteiger partial charge in [-0.1, -0.05) is 74.0 Å². The lowest BCUT2D eigenvalue weighted by Crippen LogP contribution is -2.42. The maximum atomic E-state index is 13.5. The number of piperidine rings is 1. The molecule has 0 unspecified atom stereocenters. The number of likely N-dealkylation sites (tertiary alicyclic amines) is 1. The van der Waals surface area contributed by atoms with Gasteiger partial charge in [0.25, 0.3) is 0 Å². The fourth-order valence-corrected chi connectivity index (χ4v) is 4.31. The second kappa shape index (κ2) is 9.14. The van der Waals surface area contributed by atoms with Crippen molar-refractivity contribution in [2.75, 3.05) is 19.6 Å². The first-order valence-corrected chi connectivity index (χ1v) is 10.1. The van der Waals surface area contributed by atoms with Gasteiger partial charge in [-0.25, -0.2) is 0 Å². The molecule has 0 amide bonds. The van der Waals surface area contributed by atoms with Crippen LogP contribution in [0.25, 0.3) is 0 Å². The summed E-state index contributed by atoms with van der Waals surface area (Å²) in [6, 6.07) is 20.9. The predicted octanol–water partition coefficient (Wildman–Crippen LogP) is 5.22. The van der Waals surface area contributed by atoms with Gasteiger partial charge >= 0.3 is 0 Å². The van der Waals surface area contributed by atoms with E-state index in [0.717, 1.165) is 30.5 Å². The Morgan fingerprint density at radius 1 is 0.885 bits per heavy atom. The highest BCUT2D eigenvalue weighted by Gasteiger charge is 2.40. The second-order valence-corrected chi connectivity index (χ2v) is 7.46. The number of rotatable bonds is 8. The molecule has 0 spiro atoms. The summed E-state index contributed by atoms with van der Waals surface area (Å²) < 4.78 is 0. The predicted molar refractivity (Wildman–Crippen MR) is 108 cm³/mol. The highest BCUT2D eigenvalue weighted by Crippen LogP contribution is 2.38. The maximum Gasteiger partial charge on any atom is 0.147 e. The van der Waals surface area contributed by atoms with Crippen LogP contribution in [0, 0.1) is 0 Å². The van der Waals surface area contributed by atoms with E-state index in [1.807, 2.05) is 12.1 Å². The Bertz CT molecular complexity index is 634. The van der Waals surface area contributed by atoms with Gasteiger partial charge in [0.15, 0.2) is 0 Å². The number of carbonyl (C=O) groups is 1.